The van der Waals surface area contributed by atoms with Crippen LogP contribution in [0.25, 0.3) is 0 Å². The summed E-state index contributed by atoms with van der Waals surface area (Å²) in [4.78, 5) is 29.3. The van der Waals surface area contributed by atoms with Crippen LogP contribution in [0.3, 0.4) is 0 Å². The van der Waals surface area contributed by atoms with Gasteiger partial charge in [0, 0.05) is 33.1 Å². The second kappa shape index (κ2) is 10.1. The standard InChI is InChI=1S/C17H32N4O4/c1-17(2,3)25-16(23)20-13-9-11-21(12-13)15(18-4)19-10-7-6-8-14(22)24-5/h13H,6-12H2,1-5H3,(H,18,19)(H,20,23). The third-order valence-corrected chi connectivity index (χ3v) is 3.74. The van der Waals surface area contributed by atoms with E-state index in [1.165, 1.54) is 7.11 Å². The SMILES string of the molecule is CN=C(NCCCCC(=O)OC)N1CCC(NC(=O)OC(C)(C)C)C1. The van der Waals surface area contributed by atoms with Gasteiger partial charge in [-0.3, -0.25) is 9.79 Å². The molecule has 0 aromatic rings. The van der Waals surface area contributed by atoms with Crippen LogP contribution in [0.4, 0.5) is 4.79 Å². The van der Waals surface area contributed by atoms with Crippen molar-refractivity contribution < 1.29 is 19.1 Å². The molecule has 0 bridgehead atoms. The van der Waals surface area contributed by atoms with Gasteiger partial charge in [0.2, 0.25) is 0 Å². The van der Waals surface area contributed by atoms with Gasteiger partial charge in [-0.25, -0.2) is 4.79 Å². The lowest BCUT2D eigenvalue weighted by atomic mass is 10.2. The molecule has 1 saturated heterocycles. The molecule has 0 spiro atoms. The van der Waals surface area contributed by atoms with Crippen molar-refractivity contribution in [3.8, 4) is 0 Å². The van der Waals surface area contributed by atoms with Gasteiger partial charge in [-0.2, -0.15) is 0 Å². The lowest BCUT2D eigenvalue weighted by Crippen LogP contribution is -2.44. The number of esters is 1. The first kappa shape index (κ1) is 21.1. The van der Waals surface area contributed by atoms with E-state index >= 15 is 0 Å². The maximum Gasteiger partial charge on any atom is 0.407 e. The molecule has 25 heavy (non-hydrogen) atoms. The van der Waals surface area contributed by atoms with E-state index in [0.717, 1.165) is 38.3 Å². The van der Waals surface area contributed by atoms with Crippen LogP contribution < -0.4 is 10.6 Å². The zero-order chi connectivity index (χ0) is 18.9. The molecule has 1 aliphatic heterocycles. The number of unbranched alkanes of at least 4 members (excludes halogenated alkanes) is 1. The van der Waals surface area contributed by atoms with Gasteiger partial charge < -0.3 is 25.0 Å². The normalized spacial score (nSPS) is 18.0. The molecule has 1 unspecified atom stereocenters. The smallest absolute Gasteiger partial charge is 0.407 e. The van der Waals surface area contributed by atoms with E-state index < -0.39 is 5.60 Å². The average molecular weight is 356 g/mol. The number of nitrogens with zero attached hydrogens (tertiary/aromatic N) is 2. The molecule has 0 aliphatic carbocycles. The van der Waals surface area contributed by atoms with Gasteiger partial charge in [0.05, 0.1) is 13.2 Å². The van der Waals surface area contributed by atoms with Gasteiger partial charge in [-0.15, -0.1) is 0 Å². The zero-order valence-corrected chi connectivity index (χ0v) is 16.1. The number of nitrogens with one attached hydrogen (secondary N) is 2. The number of aliphatic imine (C=N–C) groups is 1. The van der Waals surface area contributed by atoms with Gasteiger partial charge in [-0.1, -0.05) is 0 Å². The summed E-state index contributed by atoms with van der Waals surface area (Å²) in [5.74, 6) is 0.631. The second-order valence-corrected chi connectivity index (χ2v) is 7.09. The number of hydrogen-bond donors (Lipinski definition) is 2. The number of methoxy groups -OCH3 is 1. The number of amides is 1. The van der Waals surface area contributed by atoms with E-state index in [0.29, 0.717) is 13.0 Å². The van der Waals surface area contributed by atoms with Crippen molar-refractivity contribution in [3.63, 3.8) is 0 Å². The largest absolute Gasteiger partial charge is 0.469 e. The Balaban J connectivity index is 2.30. The Morgan fingerprint density at radius 3 is 2.60 bits per heavy atom. The first-order valence-electron chi connectivity index (χ1n) is 8.77. The van der Waals surface area contributed by atoms with Crippen molar-refractivity contribution in [3.05, 3.63) is 0 Å². The molecular formula is C17H32N4O4. The lowest BCUT2D eigenvalue weighted by molar-refractivity contribution is -0.140. The zero-order valence-electron chi connectivity index (χ0n) is 16.1. The summed E-state index contributed by atoms with van der Waals surface area (Å²) in [6.45, 7) is 7.80. The predicted molar refractivity (Wildman–Crippen MR) is 96.6 cm³/mol. The molecule has 1 amide bonds. The Bertz CT molecular complexity index is 474. The van der Waals surface area contributed by atoms with Crippen LogP contribution in [-0.4, -0.2) is 68.4 Å². The molecule has 1 atom stereocenters. The highest BCUT2D eigenvalue weighted by Gasteiger charge is 2.27. The molecule has 8 heteroatoms. The molecule has 144 valence electrons. The van der Waals surface area contributed by atoms with Gasteiger partial charge in [0.1, 0.15) is 5.60 Å². The Hall–Kier alpha value is -1.99. The molecule has 0 aromatic carbocycles. The highest BCUT2D eigenvalue weighted by molar-refractivity contribution is 5.80. The fourth-order valence-electron chi connectivity index (χ4n) is 2.57. The van der Waals surface area contributed by atoms with Gasteiger partial charge in [0.15, 0.2) is 5.96 Å². The van der Waals surface area contributed by atoms with Crippen molar-refractivity contribution >= 4 is 18.0 Å². The van der Waals surface area contributed by atoms with Crippen molar-refractivity contribution in [2.24, 2.45) is 4.99 Å². The van der Waals surface area contributed by atoms with Crippen LogP contribution in [-0.2, 0) is 14.3 Å². The lowest BCUT2D eigenvalue weighted by Gasteiger charge is -2.23. The molecule has 0 saturated carbocycles. The quantitative estimate of drug-likeness (QED) is 0.324. The van der Waals surface area contributed by atoms with Crippen LogP contribution in [0.2, 0.25) is 0 Å². The number of guanidine groups is 1. The molecule has 1 aliphatic rings. The Kier molecular flexibility index (Phi) is 8.51. The fourth-order valence-corrected chi connectivity index (χ4v) is 2.57. The van der Waals surface area contributed by atoms with E-state index in [1.54, 1.807) is 7.05 Å². The molecule has 2 N–H and O–H groups in total. The summed E-state index contributed by atoms with van der Waals surface area (Å²) in [5.41, 5.74) is -0.496. The second-order valence-electron chi connectivity index (χ2n) is 7.09. The minimum absolute atomic E-state index is 0.0488. The summed E-state index contributed by atoms with van der Waals surface area (Å²) >= 11 is 0. The number of ether oxygens (including phenoxy) is 2. The average Bonchev–Trinajstić information content (AvgIpc) is 2.96. The number of carbonyl (C=O) groups excluding carboxylic acids is 2. The third kappa shape index (κ3) is 8.60. The third-order valence-electron chi connectivity index (χ3n) is 3.74. The number of likely N-dealkylation sites (tertiary alicyclic amines) is 1. The molecule has 1 rings (SSSR count). The van der Waals surface area contributed by atoms with E-state index in [1.807, 2.05) is 20.8 Å². The van der Waals surface area contributed by atoms with Crippen LogP contribution in [0.1, 0.15) is 46.5 Å². The van der Waals surface area contributed by atoms with E-state index in [2.05, 4.69) is 25.3 Å². The fraction of sp³-hybridized carbons (Fsp3) is 0.824. The molecule has 0 radical (unpaired) electrons. The summed E-state index contributed by atoms with van der Waals surface area (Å²) in [5, 5.41) is 6.20. The molecule has 1 fully saturated rings. The van der Waals surface area contributed by atoms with E-state index in [4.69, 9.17) is 4.74 Å². The van der Waals surface area contributed by atoms with Crippen molar-refractivity contribution in [1.29, 1.82) is 0 Å². The van der Waals surface area contributed by atoms with Crippen molar-refractivity contribution in [2.45, 2.75) is 58.1 Å². The molecule has 0 aromatic heterocycles. The highest BCUT2D eigenvalue weighted by atomic mass is 16.6. The molecular weight excluding hydrogens is 324 g/mol. The first-order valence-corrected chi connectivity index (χ1v) is 8.77. The topological polar surface area (TPSA) is 92.3 Å². The number of hydrogen-bond acceptors (Lipinski definition) is 5. The van der Waals surface area contributed by atoms with Crippen LogP contribution in [0, 0.1) is 0 Å². The predicted octanol–water partition coefficient (Wildman–Crippen LogP) is 1.50. The Morgan fingerprint density at radius 2 is 2.00 bits per heavy atom. The number of alkyl carbamates (subject to hydrolysis) is 1. The molecule has 1 heterocycles. The van der Waals surface area contributed by atoms with Gasteiger partial charge >= 0.3 is 12.1 Å². The number of rotatable bonds is 6. The summed E-state index contributed by atoms with van der Waals surface area (Å²) in [7, 11) is 3.14. The minimum atomic E-state index is -0.496. The van der Waals surface area contributed by atoms with Crippen molar-refractivity contribution in [1.82, 2.24) is 15.5 Å². The van der Waals surface area contributed by atoms with E-state index in [9.17, 15) is 9.59 Å². The summed E-state index contributed by atoms with van der Waals surface area (Å²) in [6, 6.07) is 0.0488. The highest BCUT2D eigenvalue weighted by Crippen LogP contribution is 2.12. The number of carbonyl (C=O) groups is 2. The van der Waals surface area contributed by atoms with Crippen LogP contribution in [0.15, 0.2) is 4.99 Å². The summed E-state index contributed by atoms with van der Waals surface area (Å²) < 4.78 is 9.91. The molecule has 8 nitrogen and oxygen atoms in total. The van der Waals surface area contributed by atoms with Crippen LogP contribution in [0.5, 0.6) is 0 Å². The Labute approximate surface area is 150 Å². The Morgan fingerprint density at radius 1 is 1.28 bits per heavy atom. The maximum atomic E-state index is 11.8. The minimum Gasteiger partial charge on any atom is -0.469 e. The summed E-state index contributed by atoms with van der Waals surface area (Å²) in [6.07, 6.45) is 2.54. The van der Waals surface area contributed by atoms with E-state index in [-0.39, 0.29) is 18.1 Å². The maximum absolute atomic E-state index is 11.8. The monoisotopic (exact) mass is 356 g/mol. The van der Waals surface area contributed by atoms with Gasteiger partial charge in [0.25, 0.3) is 0 Å². The van der Waals surface area contributed by atoms with Crippen LogP contribution >= 0.6 is 0 Å². The first-order chi connectivity index (χ1) is 11.7. The van der Waals surface area contributed by atoms with Crippen molar-refractivity contribution in [2.75, 3.05) is 33.8 Å². The van der Waals surface area contributed by atoms with Gasteiger partial charge in [-0.05, 0) is 40.0 Å².